The Morgan fingerprint density at radius 1 is 1.17 bits per heavy atom. The summed E-state index contributed by atoms with van der Waals surface area (Å²) < 4.78 is 15.6. The van der Waals surface area contributed by atoms with E-state index >= 15 is 0 Å². The standard InChI is InChI=1S/C18H15NO5/c1-22-17-8-15(10-20)6-7-16(17)23-12-18(21)24-11-14-4-2-13(9-19)3-5-14/h2-8,10H,11-12H2,1H3. The van der Waals surface area contributed by atoms with Gasteiger partial charge in [0.1, 0.15) is 12.9 Å². The fourth-order valence-electron chi connectivity index (χ4n) is 1.89. The fraction of sp³-hybridized carbons (Fsp3) is 0.167. The number of nitriles is 1. The van der Waals surface area contributed by atoms with E-state index < -0.39 is 5.97 Å². The zero-order chi connectivity index (χ0) is 17.4. The summed E-state index contributed by atoms with van der Waals surface area (Å²) >= 11 is 0. The minimum atomic E-state index is -0.541. The molecule has 0 aliphatic rings. The maximum atomic E-state index is 11.7. The van der Waals surface area contributed by atoms with E-state index in [0.717, 1.165) is 5.56 Å². The van der Waals surface area contributed by atoms with Crippen LogP contribution in [-0.2, 0) is 16.1 Å². The number of hydrogen-bond donors (Lipinski definition) is 0. The second kappa shape index (κ2) is 8.34. The number of benzene rings is 2. The Labute approximate surface area is 139 Å². The van der Waals surface area contributed by atoms with E-state index in [2.05, 4.69) is 0 Å². The molecule has 0 atom stereocenters. The summed E-state index contributed by atoms with van der Waals surface area (Å²) in [5.74, 6) is 0.166. The molecule has 0 bridgehead atoms. The summed E-state index contributed by atoms with van der Waals surface area (Å²) in [5, 5.41) is 8.72. The van der Waals surface area contributed by atoms with Gasteiger partial charge in [0, 0.05) is 5.56 Å². The Bertz CT molecular complexity index is 762. The van der Waals surface area contributed by atoms with Gasteiger partial charge in [-0.3, -0.25) is 4.79 Å². The summed E-state index contributed by atoms with van der Waals surface area (Å²) in [5.41, 5.74) is 1.76. The number of carbonyl (C=O) groups excluding carboxylic acids is 2. The molecule has 2 rings (SSSR count). The summed E-state index contributed by atoms with van der Waals surface area (Å²) in [6.07, 6.45) is 0.693. The third-order valence-corrected chi connectivity index (χ3v) is 3.15. The van der Waals surface area contributed by atoms with Crippen LogP contribution in [0.25, 0.3) is 0 Å². The largest absolute Gasteiger partial charge is 0.493 e. The highest BCUT2D eigenvalue weighted by molar-refractivity contribution is 5.76. The Morgan fingerprint density at radius 3 is 2.54 bits per heavy atom. The summed E-state index contributed by atoms with van der Waals surface area (Å²) in [6, 6.07) is 13.4. The van der Waals surface area contributed by atoms with Gasteiger partial charge in [-0.05, 0) is 35.9 Å². The van der Waals surface area contributed by atoms with Crippen molar-refractivity contribution in [3.05, 3.63) is 59.2 Å². The Balaban J connectivity index is 1.86. The number of hydrogen-bond acceptors (Lipinski definition) is 6. The molecule has 0 saturated carbocycles. The first-order chi connectivity index (χ1) is 11.7. The molecule has 0 aliphatic carbocycles. The van der Waals surface area contributed by atoms with Gasteiger partial charge in [0.25, 0.3) is 0 Å². The van der Waals surface area contributed by atoms with Crippen LogP contribution in [-0.4, -0.2) is 26.0 Å². The first-order valence-electron chi connectivity index (χ1n) is 7.07. The van der Waals surface area contributed by atoms with Gasteiger partial charge in [-0.1, -0.05) is 12.1 Å². The van der Waals surface area contributed by atoms with Gasteiger partial charge in [-0.15, -0.1) is 0 Å². The van der Waals surface area contributed by atoms with Crippen LogP contribution in [0.1, 0.15) is 21.5 Å². The molecule has 2 aromatic carbocycles. The van der Waals surface area contributed by atoms with Crippen molar-refractivity contribution in [1.82, 2.24) is 0 Å². The van der Waals surface area contributed by atoms with Gasteiger partial charge in [-0.2, -0.15) is 5.26 Å². The van der Waals surface area contributed by atoms with Gasteiger partial charge in [0.15, 0.2) is 18.1 Å². The number of methoxy groups -OCH3 is 1. The summed E-state index contributed by atoms with van der Waals surface area (Å²) in [4.78, 5) is 22.5. The molecule has 0 radical (unpaired) electrons. The van der Waals surface area contributed by atoms with Crippen LogP contribution in [0.3, 0.4) is 0 Å². The van der Waals surface area contributed by atoms with Gasteiger partial charge in [0.05, 0.1) is 18.7 Å². The lowest BCUT2D eigenvalue weighted by atomic mass is 10.2. The zero-order valence-corrected chi connectivity index (χ0v) is 13.0. The minimum Gasteiger partial charge on any atom is -0.493 e. The molecule has 0 fully saturated rings. The molecule has 0 saturated heterocycles. The molecule has 6 nitrogen and oxygen atoms in total. The van der Waals surface area contributed by atoms with Gasteiger partial charge < -0.3 is 14.2 Å². The van der Waals surface area contributed by atoms with E-state index in [1.54, 1.807) is 36.4 Å². The third-order valence-electron chi connectivity index (χ3n) is 3.15. The van der Waals surface area contributed by atoms with Crippen LogP contribution < -0.4 is 9.47 Å². The molecule has 6 heteroatoms. The van der Waals surface area contributed by atoms with Crippen molar-refractivity contribution < 1.29 is 23.8 Å². The van der Waals surface area contributed by atoms with Crippen molar-refractivity contribution in [2.75, 3.05) is 13.7 Å². The Morgan fingerprint density at radius 2 is 1.92 bits per heavy atom. The molecule has 0 N–H and O–H groups in total. The van der Waals surface area contributed by atoms with Crippen molar-refractivity contribution in [2.45, 2.75) is 6.61 Å². The maximum absolute atomic E-state index is 11.7. The molecule has 0 aliphatic heterocycles. The summed E-state index contributed by atoms with van der Waals surface area (Å²) in [6.45, 7) is -0.192. The van der Waals surface area contributed by atoms with Crippen LogP contribution in [0, 0.1) is 11.3 Å². The highest BCUT2D eigenvalue weighted by Crippen LogP contribution is 2.27. The quantitative estimate of drug-likeness (QED) is 0.574. The van der Waals surface area contributed by atoms with Crippen molar-refractivity contribution in [2.24, 2.45) is 0 Å². The SMILES string of the molecule is COc1cc(C=O)ccc1OCC(=O)OCc1ccc(C#N)cc1. The second-order valence-corrected chi connectivity index (χ2v) is 4.79. The highest BCUT2D eigenvalue weighted by Gasteiger charge is 2.09. The summed E-state index contributed by atoms with van der Waals surface area (Å²) in [7, 11) is 1.44. The Kier molecular flexibility index (Phi) is 5.92. The molecule has 0 amide bonds. The lowest BCUT2D eigenvalue weighted by Crippen LogP contribution is -2.15. The Hall–Kier alpha value is -3.33. The predicted octanol–water partition coefficient (Wildman–Crippen LogP) is 2.50. The van der Waals surface area contributed by atoms with Crippen LogP contribution in [0.15, 0.2) is 42.5 Å². The molecular formula is C18H15NO5. The van der Waals surface area contributed by atoms with Crippen LogP contribution in [0.2, 0.25) is 0 Å². The number of esters is 1. The molecule has 24 heavy (non-hydrogen) atoms. The van der Waals surface area contributed by atoms with E-state index in [9.17, 15) is 9.59 Å². The van der Waals surface area contributed by atoms with Crippen molar-refractivity contribution in [3.8, 4) is 17.6 Å². The van der Waals surface area contributed by atoms with E-state index in [4.69, 9.17) is 19.5 Å². The van der Waals surface area contributed by atoms with Gasteiger partial charge in [0.2, 0.25) is 0 Å². The molecule has 0 heterocycles. The second-order valence-electron chi connectivity index (χ2n) is 4.79. The topological polar surface area (TPSA) is 85.6 Å². The smallest absolute Gasteiger partial charge is 0.344 e. The zero-order valence-electron chi connectivity index (χ0n) is 13.0. The van der Waals surface area contributed by atoms with Crippen LogP contribution in [0.5, 0.6) is 11.5 Å². The maximum Gasteiger partial charge on any atom is 0.344 e. The number of carbonyl (C=O) groups is 2. The normalized spacial score (nSPS) is 9.67. The monoisotopic (exact) mass is 325 g/mol. The van der Waals surface area contributed by atoms with E-state index in [0.29, 0.717) is 28.9 Å². The number of nitrogens with zero attached hydrogens (tertiary/aromatic N) is 1. The van der Waals surface area contributed by atoms with E-state index in [1.807, 2.05) is 6.07 Å². The molecule has 122 valence electrons. The molecule has 0 aromatic heterocycles. The number of ether oxygens (including phenoxy) is 3. The van der Waals surface area contributed by atoms with Crippen LogP contribution in [0.4, 0.5) is 0 Å². The number of aldehydes is 1. The average molecular weight is 325 g/mol. The lowest BCUT2D eigenvalue weighted by Gasteiger charge is -2.11. The van der Waals surface area contributed by atoms with Gasteiger partial charge in [-0.25, -0.2) is 4.79 Å². The van der Waals surface area contributed by atoms with Crippen molar-refractivity contribution in [1.29, 1.82) is 5.26 Å². The average Bonchev–Trinajstić information content (AvgIpc) is 2.64. The van der Waals surface area contributed by atoms with Gasteiger partial charge >= 0.3 is 5.97 Å². The fourth-order valence-corrected chi connectivity index (χ4v) is 1.89. The third kappa shape index (κ3) is 4.58. The first-order valence-corrected chi connectivity index (χ1v) is 7.07. The van der Waals surface area contributed by atoms with E-state index in [1.165, 1.54) is 13.2 Å². The van der Waals surface area contributed by atoms with E-state index in [-0.39, 0.29) is 13.2 Å². The molecule has 2 aromatic rings. The van der Waals surface area contributed by atoms with Crippen molar-refractivity contribution in [3.63, 3.8) is 0 Å². The van der Waals surface area contributed by atoms with Crippen LogP contribution >= 0.6 is 0 Å². The number of rotatable bonds is 7. The molecular weight excluding hydrogens is 310 g/mol. The predicted molar refractivity (Wildman–Crippen MR) is 84.8 cm³/mol. The van der Waals surface area contributed by atoms with Crippen molar-refractivity contribution >= 4 is 12.3 Å². The molecule has 0 spiro atoms. The highest BCUT2D eigenvalue weighted by atomic mass is 16.6. The lowest BCUT2D eigenvalue weighted by molar-refractivity contribution is -0.147. The first kappa shape index (κ1) is 17.0. The molecule has 0 unspecified atom stereocenters. The minimum absolute atomic E-state index is 0.0924.